The molecular formula is C24H23N3O6S2. The second-order valence-electron chi connectivity index (χ2n) is 8.64. The lowest BCUT2D eigenvalue weighted by atomic mass is 10.1. The van der Waals surface area contributed by atoms with Crippen LogP contribution in [0.2, 0.25) is 0 Å². The molecule has 11 heteroatoms. The van der Waals surface area contributed by atoms with Crippen LogP contribution in [0, 0.1) is 0 Å². The Kier molecular flexibility index (Phi) is 5.86. The van der Waals surface area contributed by atoms with Gasteiger partial charge in [-0.3, -0.25) is 14.2 Å². The maximum absolute atomic E-state index is 13.3. The molecule has 35 heavy (non-hydrogen) atoms. The first kappa shape index (κ1) is 23.5. The van der Waals surface area contributed by atoms with Gasteiger partial charge in [0.1, 0.15) is 11.1 Å². The maximum Gasteiger partial charge on any atom is 0.349 e. The summed E-state index contributed by atoms with van der Waals surface area (Å²) in [6.45, 7) is 4.28. The summed E-state index contributed by atoms with van der Waals surface area (Å²) in [6.07, 6.45) is 0. The van der Waals surface area contributed by atoms with Gasteiger partial charge in [0, 0.05) is 37.6 Å². The van der Waals surface area contributed by atoms with Gasteiger partial charge in [-0.15, -0.1) is 0 Å². The Labute approximate surface area is 204 Å². The number of piperazine rings is 1. The summed E-state index contributed by atoms with van der Waals surface area (Å²) in [5.74, 6) is -0.484. The average molecular weight is 514 g/mol. The number of thiazole rings is 1. The zero-order chi connectivity index (χ0) is 24.9. The zero-order valence-electron chi connectivity index (χ0n) is 19.1. The van der Waals surface area contributed by atoms with E-state index < -0.39 is 21.6 Å². The SMILES string of the molecule is CC(C)n1c(=O)sc2cc(S(=O)(=O)N3CCN(C(=O)c4cc5ccccc5oc4=O)CC3)ccc21. The van der Waals surface area contributed by atoms with Crippen molar-refractivity contribution in [3.63, 3.8) is 0 Å². The minimum absolute atomic E-state index is 0.0330. The lowest BCUT2D eigenvalue weighted by Gasteiger charge is -2.33. The number of hydrogen-bond donors (Lipinski definition) is 0. The fourth-order valence-corrected chi connectivity index (χ4v) is 6.90. The molecule has 0 spiro atoms. The Morgan fingerprint density at radius 1 is 1.00 bits per heavy atom. The quantitative estimate of drug-likeness (QED) is 0.388. The van der Waals surface area contributed by atoms with Crippen LogP contribution in [0.15, 0.2) is 67.4 Å². The van der Waals surface area contributed by atoms with E-state index in [0.717, 1.165) is 11.3 Å². The fraction of sp³-hybridized carbons (Fsp3) is 0.292. The van der Waals surface area contributed by atoms with Gasteiger partial charge < -0.3 is 9.32 Å². The molecule has 0 radical (unpaired) electrons. The van der Waals surface area contributed by atoms with Crippen LogP contribution >= 0.6 is 11.3 Å². The Balaban J connectivity index is 1.35. The summed E-state index contributed by atoms with van der Waals surface area (Å²) < 4.78 is 35.4. The van der Waals surface area contributed by atoms with E-state index in [2.05, 4.69) is 0 Å². The van der Waals surface area contributed by atoms with Crippen molar-refractivity contribution < 1.29 is 17.6 Å². The number of benzene rings is 2. The predicted molar refractivity (Wildman–Crippen MR) is 134 cm³/mol. The molecule has 0 saturated carbocycles. The second-order valence-corrected chi connectivity index (χ2v) is 11.6. The average Bonchev–Trinajstić information content (AvgIpc) is 3.18. The molecule has 1 amide bonds. The minimum Gasteiger partial charge on any atom is -0.422 e. The molecule has 9 nitrogen and oxygen atoms in total. The first-order chi connectivity index (χ1) is 16.7. The molecule has 1 aliphatic heterocycles. The number of sulfonamides is 1. The smallest absolute Gasteiger partial charge is 0.349 e. The van der Waals surface area contributed by atoms with E-state index in [-0.39, 0.29) is 47.6 Å². The number of hydrogen-bond acceptors (Lipinski definition) is 7. The van der Waals surface area contributed by atoms with Crippen LogP contribution in [0.1, 0.15) is 30.2 Å². The Morgan fingerprint density at radius 3 is 2.43 bits per heavy atom. The highest BCUT2D eigenvalue weighted by molar-refractivity contribution is 7.89. The first-order valence-corrected chi connectivity index (χ1v) is 13.4. The van der Waals surface area contributed by atoms with Gasteiger partial charge in [-0.2, -0.15) is 4.31 Å². The molecule has 2 aromatic carbocycles. The van der Waals surface area contributed by atoms with E-state index in [4.69, 9.17) is 4.42 Å². The fourth-order valence-electron chi connectivity index (χ4n) is 4.33. The van der Waals surface area contributed by atoms with Gasteiger partial charge in [-0.05, 0) is 44.2 Å². The summed E-state index contributed by atoms with van der Waals surface area (Å²) in [7, 11) is -3.82. The van der Waals surface area contributed by atoms with Gasteiger partial charge in [-0.1, -0.05) is 29.5 Å². The third kappa shape index (κ3) is 4.09. The Hall–Kier alpha value is -3.28. The van der Waals surface area contributed by atoms with Crippen LogP contribution in [-0.4, -0.2) is 54.3 Å². The van der Waals surface area contributed by atoms with Crippen LogP contribution in [0.4, 0.5) is 0 Å². The number of para-hydroxylation sites is 1. The van der Waals surface area contributed by atoms with E-state index >= 15 is 0 Å². The van der Waals surface area contributed by atoms with E-state index in [1.54, 1.807) is 34.9 Å². The number of amides is 1. The highest BCUT2D eigenvalue weighted by Gasteiger charge is 2.32. The zero-order valence-corrected chi connectivity index (χ0v) is 20.8. The van der Waals surface area contributed by atoms with Crippen molar-refractivity contribution in [3.05, 3.63) is 74.2 Å². The number of carbonyl (C=O) groups excluding carboxylic acids is 1. The van der Waals surface area contributed by atoms with Crippen molar-refractivity contribution in [2.45, 2.75) is 24.8 Å². The normalized spacial score (nSPS) is 15.3. The summed E-state index contributed by atoms with van der Waals surface area (Å²) in [5.41, 5.74) is 0.314. The number of nitrogens with zero attached hydrogens (tertiary/aromatic N) is 3. The second kappa shape index (κ2) is 8.74. The summed E-state index contributed by atoms with van der Waals surface area (Å²) in [5, 5.41) is 0.639. The highest BCUT2D eigenvalue weighted by Crippen LogP contribution is 2.26. The molecule has 3 heterocycles. The predicted octanol–water partition coefficient (Wildman–Crippen LogP) is 2.90. The van der Waals surface area contributed by atoms with E-state index in [1.165, 1.54) is 27.4 Å². The van der Waals surface area contributed by atoms with Gasteiger partial charge >= 0.3 is 10.5 Å². The summed E-state index contributed by atoms with van der Waals surface area (Å²) >= 11 is 1.02. The number of aromatic nitrogens is 1. The molecule has 4 aromatic rings. The van der Waals surface area contributed by atoms with Crippen molar-refractivity contribution in [1.29, 1.82) is 0 Å². The third-order valence-electron chi connectivity index (χ3n) is 6.14. The molecule has 0 atom stereocenters. The molecule has 0 N–H and O–H groups in total. The van der Waals surface area contributed by atoms with Gasteiger partial charge in [0.2, 0.25) is 10.0 Å². The molecule has 1 saturated heterocycles. The largest absolute Gasteiger partial charge is 0.422 e. The van der Waals surface area contributed by atoms with Crippen LogP contribution in [-0.2, 0) is 10.0 Å². The standard InChI is InChI=1S/C24H23N3O6S2/c1-15(2)27-19-8-7-17(14-21(19)34-24(27)30)35(31,32)26-11-9-25(10-12-26)22(28)18-13-16-5-3-4-6-20(16)33-23(18)29/h3-8,13-15H,9-12H2,1-2H3. The number of rotatable bonds is 4. The molecule has 1 fully saturated rings. The molecule has 5 rings (SSSR count). The molecule has 0 bridgehead atoms. The summed E-state index contributed by atoms with van der Waals surface area (Å²) in [4.78, 5) is 39.1. The van der Waals surface area contributed by atoms with E-state index in [9.17, 15) is 22.8 Å². The van der Waals surface area contributed by atoms with Gasteiger partial charge in [-0.25, -0.2) is 13.2 Å². The van der Waals surface area contributed by atoms with E-state index in [1.807, 2.05) is 13.8 Å². The van der Waals surface area contributed by atoms with Crippen LogP contribution in [0.25, 0.3) is 21.2 Å². The van der Waals surface area contributed by atoms with Gasteiger partial charge in [0.25, 0.3) is 5.91 Å². The molecule has 2 aromatic heterocycles. The van der Waals surface area contributed by atoms with Crippen molar-refractivity contribution in [2.24, 2.45) is 0 Å². The van der Waals surface area contributed by atoms with Crippen LogP contribution in [0.5, 0.6) is 0 Å². The lowest BCUT2D eigenvalue weighted by Crippen LogP contribution is -2.51. The lowest BCUT2D eigenvalue weighted by molar-refractivity contribution is 0.0694. The monoisotopic (exact) mass is 513 g/mol. The Bertz CT molecular complexity index is 1670. The maximum atomic E-state index is 13.3. The minimum atomic E-state index is -3.82. The van der Waals surface area contributed by atoms with Crippen molar-refractivity contribution in [1.82, 2.24) is 13.8 Å². The number of carbonyl (C=O) groups is 1. The molecule has 0 aliphatic carbocycles. The van der Waals surface area contributed by atoms with Crippen molar-refractivity contribution in [2.75, 3.05) is 26.2 Å². The van der Waals surface area contributed by atoms with Crippen molar-refractivity contribution >= 4 is 48.5 Å². The van der Waals surface area contributed by atoms with Gasteiger partial charge in [0.05, 0.1) is 15.1 Å². The molecule has 1 aliphatic rings. The summed E-state index contributed by atoms with van der Waals surface area (Å²) in [6, 6.07) is 13.1. The topological polar surface area (TPSA) is 110 Å². The number of fused-ring (bicyclic) bond motifs is 2. The van der Waals surface area contributed by atoms with Crippen LogP contribution < -0.4 is 10.5 Å². The Morgan fingerprint density at radius 2 is 1.71 bits per heavy atom. The van der Waals surface area contributed by atoms with Crippen LogP contribution in [0.3, 0.4) is 0 Å². The first-order valence-electron chi connectivity index (χ1n) is 11.1. The van der Waals surface area contributed by atoms with E-state index in [0.29, 0.717) is 21.2 Å². The highest BCUT2D eigenvalue weighted by atomic mass is 32.2. The molecule has 182 valence electrons. The molecular weight excluding hydrogens is 490 g/mol. The van der Waals surface area contributed by atoms with Crippen molar-refractivity contribution in [3.8, 4) is 0 Å². The molecule has 0 unspecified atom stereocenters. The third-order valence-corrected chi connectivity index (χ3v) is 8.95. The van der Waals surface area contributed by atoms with Gasteiger partial charge in [0.15, 0.2) is 0 Å².